The first-order valence-corrected chi connectivity index (χ1v) is 15.2. The third-order valence-electron chi connectivity index (χ3n) is 6.74. The molecule has 47 heavy (non-hydrogen) atoms. The highest BCUT2D eigenvalue weighted by Gasteiger charge is 2.32. The van der Waals surface area contributed by atoms with Gasteiger partial charge in [0.1, 0.15) is 12.6 Å². The van der Waals surface area contributed by atoms with Crippen LogP contribution in [-0.4, -0.2) is 86.5 Å². The Bertz CT molecular complexity index is 1330. The van der Waals surface area contributed by atoms with Gasteiger partial charge in [0, 0.05) is 13.5 Å². The molecule has 0 aliphatic carbocycles. The van der Waals surface area contributed by atoms with Crippen molar-refractivity contribution in [3.63, 3.8) is 0 Å². The molecule has 13 nitrogen and oxygen atoms in total. The molecule has 256 valence electrons. The number of carbonyl (C=O) groups excluding carboxylic acids is 6. The fraction of sp³-hybridized carbons (Fsp3) is 0.471. The molecule has 0 aliphatic heterocycles. The lowest BCUT2D eigenvalue weighted by atomic mass is 10.0. The van der Waals surface area contributed by atoms with E-state index in [-0.39, 0.29) is 19.6 Å². The maximum absolute atomic E-state index is 12.8. The van der Waals surface area contributed by atoms with Gasteiger partial charge in [0.25, 0.3) is 5.91 Å². The Morgan fingerprint density at radius 3 is 1.45 bits per heavy atom. The summed E-state index contributed by atoms with van der Waals surface area (Å²) >= 11 is 0. The SMILES string of the molecule is COCCOC(=O)C(Cc1ccccc1)NC(=O)C(C)OC(=O)C(C)OC(=O)C(C)OC(=O)C(C)OC(=O)C(C)Cc1ccccc1. The number of nitrogens with one attached hydrogen (secondary N) is 1. The minimum absolute atomic E-state index is 0.0182. The molecule has 1 amide bonds. The molecule has 6 unspecified atom stereocenters. The van der Waals surface area contributed by atoms with E-state index in [1.807, 2.05) is 30.3 Å². The number of ether oxygens (including phenoxy) is 6. The van der Waals surface area contributed by atoms with E-state index in [4.69, 9.17) is 28.4 Å². The molecule has 1 N–H and O–H groups in total. The third-order valence-corrected chi connectivity index (χ3v) is 6.74. The van der Waals surface area contributed by atoms with E-state index in [9.17, 15) is 28.8 Å². The van der Waals surface area contributed by atoms with Crippen molar-refractivity contribution in [3.8, 4) is 0 Å². The number of carbonyl (C=O) groups is 6. The fourth-order valence-electron chi connectivity index (χ4n) is 4.01. The smallest absolute Gasteiger partial charge is 0.347 e. The Hall–Kier alpha value is -4.78. The van der Waals surface area contributed by atoms with Crippen LogP contribution in [0.4, 0.5) is 0 Å². The quantitative estimate of drug-likeness (QED) is 0.141. The van der Waals surface area contributed by atoms with Crippen LogP contribution in [0.5, 0.6) is 0 Å². The van der Waals surface area contributed by atoms with Crippen LogP contribution >= 0.6 is 0 Å². The molecule has 0 aliphatic rings. The van der Waals surface area contributed by atoms with Crippen molar-refractivity contribution >= 4 is 35.8 Å². The van der Waals surface area contributed by atoms with Gasteiger partial charge in [-0.05, 0) is 45.2 Å². The second-order valence-electron chi connectivity index (χ2n) is 10.8. The average Bonchev–Trinajstić information content (AvgIpc) is 3.04. The Labute approximate surface area is 274 Å². The van der Waals surface area contributed by atoms with Gasteiger partial charge in [-0.1, -0.05) is 67.6 Å². The number of esters is 5. The second-order valence-corrected chi connectivity index (χ2v) is 10.8. The summed E-state index contributed by atoms with van der Waals surface area (Å²) in [4.78, 5) is 75.5. The molecule has 0 fully saturated rings. The van der Waals surface area contributed by atoms with Gasteiger partial charge in [0.15, 0.2) is 24.4 Å². The number of amides is 1. The van der Waals surface area contributed by atoms with Crippen LogP contribution in [0.2, 0.25) is 0 Å². The van der Waals surface area contributed by atoms with E-state index in [0.29, 0.717) is 6.42 Å². The zero-order valence-electron chi connectivity index (χ0n) is 27.5. The van der Waals surface area contributed by atoms with E-state index in [0.717, 1.165) is 11.1 Å². The number of hydrogen-bond acceptors (Lipinski definition) is 12. The molecule has 0 saturated carbocycles. The molecule has 13 heteroatoms. The summed E-state index contributed by atoms with van der Waals surface area (Å²) in [6.45, 7) is 6.84. The number of rotatable bonds is 18. The maximum atomic E-state index is 12.8. The Morgan fingerprint density at radius 2 is 0.979 bits per heavy atom. The Kier molecular flexibility index (Phi) is 16.1. The van der Waals surface area contributed by atoms with Crippen LogP contribution in [0.1, 0.15) is 45.7 Å². The topological polar surface area (TPSA) is 170 Å². The van der Waals surface area contributed by atoms with Crippen molar-refractivity contribution in [2.24, 2.45) is 5.92 Å². The van der Waals surface area contributed by atoms with E-state index >= 15 is 0 Å². The van der Waals surface area contributed by atoms with Gasteiger partial charge in [-0.2, -0.15) is 0 Å². The summed E-state index contributed by atoms with van der Waals surface area (Å²) in [5.74, 6) is -5.75. The van der Waals surface area contributed by atoms with Gasteiger partial charge in [0.2, 0.25) is 0 Å². The Morgan fingerprint density at radius 1 is 0.553 bits per heavy atom. The first kappa shape index (κ1) is 38.4. The van der Waals surface area contributed by atoms with Crippen LogP contribution in [0.25, 0.3) is 0 Å². The summed E-state index contributed by atoms with van der Waals surface area (Å²) in [5, 5.41) is 2.53. The summed E-state index contributed by atoms with van der Waals surface area (Å²) in [6.07, 6.45) is -5.08. The molecule has 0 heterocycles. The molecular formula is C34H43NO12. The first-order chi connectivity index (χ1) is 22.3. The van der Waals surface area contributed by atoms with E-state index < -0.39 is 72.1 Å². The van der Waals surface area contributed by atoms with Crippen molar-refractivity contribution in [2.45, 2.75) is 77.9 Å². The molecule has 6 atom stereocenters. The highest BCUT2D eigenvalue weighted by molar-refractivity contribution is 5.89. The largest absolute Gasteiger partial charge is 0.462 e. The standard InChI is InChI=1S/C34H43NO12/c1-21(19-26-13-9-7-10-14-26)30(37)45-23(3)32(39)47-25(5)33(40)46-24(4)31(38)44-22(2)29(36)35-28(34(41)43-18-17-42-6)20-27-15-11-8-12-16-27/h7-16,21-25,28H,17-20H2,1-6H3,(H,35,36). The zero-order chi connectivity index (χ0) is 34.9. The summed E-state index contributed by atoms with van der Waals surface area (Å²) in [6, 6.07) is 17.1. The van der Waals surface area contributed by atoms with Crippen LogP contribution in [0, 0.1) is 5.92 Å². The fourth-order valence-corrected chi connectivity index (χ4v) is 4.01. The predicted octanol–water partition coefficient (Wildman–Crippen LogP) is 2.51. The zero-order valence-corrected chi connectivity index (χ0v) is 27.5. The van der Waals surface area contributed by atoms with Gasteiger partial charge >= 0.3 is 29.8 Å². The van der Waals surface area contributed by atoms with Crippen LogP contribution in [0.15, 0.2) is 60.7 Å². The van der Waals surface area contributed by atoms with Gasteiger partial charge in [0.05, 0.1) is 12.5 Å². The molecule has 0 bridgehead atoms. The summed E-state index contributed by atoms with van der Waals surface area (Å²) in [5.41, 5.74) is 1.68. The van der Waals surface area contributed by atoms with Crippen molar-refractivity contribution in [3.05, 3.63) is 71.8 Å². The van der Waals surface area contributed by atoms with E-state index in [1.165, 1.54) is 34.8 Å². The number of methoxy groups -OCH3 is 1. The molecule has 2 aromatic rings. The lowest BCUT2D eigenvalue weighted by Crippen LogP contribution is -2.48. The first-order valence-electron chi connectivity index (χ1n) is 15.2. The lowest BCUT2D eigenvalue weighted by Gasteiger charge is -2.22. The van der Waals surface area contributed by atoms with E-state index in [2.05, 4.69) is 5.32 Å². The normalized spacial score (nSPS) is 14.6. The second kappa shape index (κ2) is 19.7. The van der Waals surface area contributed by atoms with Crippen molar-refractivity contribution in [1.29, 1.82) is 0 Å². The van der Waals surface area contributed by atoms with Crippen LogP contribution in [0.3, 0.4) is 0 Å². The molecule has 2 aromatic carbocycles. The molecule has 0 spiro atoms. The summed E-state index contributed by atoms with van der Waals surface area (Å²) in [7, 11) is 1.45. The maximum Gasteiger partial charge on any atom is 0.347 e. The minimum Gasteiger partial charge on any atom is -0.462 e. The van der Waals surface area contributed by atoms with Crippen LogP contribution < -0.4 is 5.32 Å². The van der Waals surface area contributed by atoms with Crippen molar-refractivity contribution < 1.29 is 57.2 Å². The highest BCUT2D eigenvalue weighted by atomic mass is 16.6. The molecule has 2 rings (SSSR count). The number of benzene rings is 2. The molecular weight excluding hydrogens is 614 g/mol. The lowest BCUT2D eigenvalue weighted by molar-refractivity contribution is -0.184. The monoisotopic (exact) mass is 657 g/mol. The summed E-state index contributed by atoms with van der Waals surface area (Å²) < 4.78 is 30.5. The highest BCUT2D eigenvalue weighted by Crippen LogP contribution is 2.13. The van der Waals surface area contributed by atoms with Crippen molar-refractivity contribution in [2.75, 3.05) is 20.3 Å². The van der Waals surface area contributed by atoms with Gasteiger partial charge < -0.3 is 33.7 Å². The van der Waals surface area contributed by atoms with E-state index in [1.54, 1.807) is 37.3 Å². The molecule has 0 aromatic heterocycles. The van der Waals surface area contributed by atoms with Gasteiger partial charge in [-0.25, -0.2) is 19.2 Å². The van der Waals surface area contributed by atoms with Gasteiger partial charge in [-0.15, -0.1) is 0 Å². The number of hydrogen-bond donors (Lipinski definition) is 1. The van der Waals surface area contributed by atoms with Crippen molar-refractivity contribution in [1.82, 2.24) is 5.32 Å². The third kappa shape index (κ3) is 13.6. The predicted molar refractivity (Wildman–Crippen MR) is 166 cm³/mol. The van der Waals surface area contributed by atoms with Gasteiger partial charge in [-0.3, -0.25) is 9.59 Å². The molecule has 0 radical (unpaired) electrons. The minimum atomic E-state index is -1.48. The molecule has 0 saturated heterocycles. The Balaban J connectivity index is 1.85. The van der Waals surface area contributed by atoms with Crippen LogP contribution in [-0.2, 0) is 70.0 Å². The average molecular weight is 658 g/mol.